The first-order chi connectivity index (χ1) is 7.93. The summed E-state index contributed by atoms with van der Waals surface area (Å²) in [5.41, 5.74) is 1.44. The van der Waals surface area contributed by atoms with Crippen molar-refractivity contribution >= 4 is 34.5 Å². The van der Waals surface area contributed by atoms with Crippen LogP contribution >= 0.6 is 22.6 Å². The van der Waals surface area contributed by atoms with Crippen molar-refractivity contribution in [3.63, 3.8) is 0 Å². The van der Waals surface area contributed by atoms with Gasteiger partial charge in [0.15, 0.2) is 6.10 Å². The van der Waals surface area contributed by atoms with Gasteiger partial charge in [-0.05, 0) is 41.1 Å². The average Bonchev–Trinajstić information content (AvgIpc) is 2.29. The fraction of sp³-hybridized carbons (Fsp3) is 0.273. The number of aliphatic hydroxyl groups is 1. The monoisotopic (exact) mass is 349 g/mol. The van der Waals surface area contributed by atoms with Gasteiger partial charge in [0.1, 0.15) is 0 Å². The minimum Gasteiger partial charge on any atom is -0.479 e. The molecule has 1 amide bonds. The van der Waals surface area contributed by atoms with Crippen molar-refractivity contribution in [1.82, 2.24) is 5.32 Å². The van der Waals surface area contributed by atoms with E-state index >= 15 is 0 Å². The van der Waals surface area contributed by atoms with Crippen molar-refractivity contribution < 1.29 is 19.8 Å². The molecule has 1 atom stereocenters. The molecule has 0 aliphatic heterocycles. The van der Waals surface area contributed by atoms with Gasteiger partial charge in [-0.15, -0.1) is 0 Å². The maximum atomic E-state index is 11.7. The Bertz CT molecular complexity index is 447. The van der Waals surface area contributed by atoms with Crippen molar-refractivity contribution in [3.8, 4) is 0 Å². The van der Waals surface area contributed by atoms with Gasteiger partial charge in [-0.2, -0.15) is 0 Å². The Kier molecular flexibility index (Phi) is 4.88. The van der Waals surface area contributed by atoms with Crippen LogP contribution in [0, 0.1) is 10.5 Å². The van der Waals surface area contributed by atoms with E-state index in [0.29, 0.717) is 5.56 Å². The van der Waals surface area contributed by atoms with E-state index in [0.717, 1.165) is 9.13 Å². The zero-order valence-electron chi connectivity index (χ0n) is 9.11. The van der Waals surface area contributed by atoms with Crippen molar-refractivity contribution in [2.45, 2.75) is 13.0 Å². The van der Waals surface area contributed by atoms with E-state index in [1.807, 2.05) is 13.0 Å². The minimum atomic E-state index is -1.58. The Morgan fingerprint density at radius 3 is 2.71 bits per heavy atom. The molecule has 1 aromatic carbocycles. The summed E-state index contributed by atoms with van der Waals surface area (Å²) < 4.78 is 0.812. The van der Waals surface area contributed by atoms with Gasteiger partial charge < -0.3 is 15.5 Å². The van der Waals surface area contributed by atoms with E-state index in [-0.39, 0.29) is 6.54 Å². The second-order valence-electron chi connectivity index (χ2n) is 3.50. The molecule has 0 aliphatic rings. The molecule has 0 bridgehead atoms. The van der Waals surface area contributed by atoms with Gasteiger partial charge in [0.05, 0.1) is 12.1 Å². The lowest BCUT2D eigenvalue weighted by molar-refractivity contribution is -0.146. The Morgan fingerprint density at radius 1 is 1.47 bits per heavy atom. The van der Waals surface area contributed by atoms with Gasteiger partial charge >= 0.3 is 5.97 Å². The Labute approximate surface area is 112 Å². The first kappa shape index (κ1) is 13.9. The molecule has 0 spiro atoms. The number of carbonyl (C=O) groups excluding carboxylic acids is 1. The molecule has 6 heteroatoms. The average molecular weight is 349 g/mol. The molecule has 0 saturated carbocycles. The van der Waals surface area contributed by atoms with Gasteiger partial charge in [0, 0.05) is 3.57 Å². The first-order valence-electron chi connectivity index (χ1n) is 4.87. The minimum absolute atomic E-state index is 0.307. The van der Waals surface area contributed by atoms with Crippen LogP contribution in [-0.4, -0.2) is 34.7 Å². The summed E-state index contributed by atoms with van der Waals surface area (Å²) in [4.78, 5) is 22.1. The highest BCUT2D eigenvalue weighted by atomic mass is 127. The second-order valence-corrected chi connectivity index (χ2v) is 4.58. The lowest BCUT2D eigenvalue weighted by Gasteiger charge is -2.10. The lowest BCUT2D eigenvalue weighted by atomic mass is 10.1. The number of hydrogen-bond donors (Lipinski definition) is 3. The number of carbonyl (C=O) groups is 2. The maximum Gasteiger partial charge on any atom is 0.334 e. The summed E-state index contributed by atoms with van der Waals surface area (Å²) in [5.74, 6) is -1.75. The normalized spacial score (nSPS) is 11.9. The highest BCUT2D eigenvalue weighted by molar-refractivity contribution is 14.1. The third-order valence-corrected chi connectivity index (χ3v) is 3.61. The number of nitrogens with one attached hydrogen (secondary N) is 1. The Balaban J connectivity index is 2.71. The molecule has 1 rings (SSSR count). The SMILES string of the molecule is Cc1cccc(C(=O)NC[C@H](O)C(=O)O)c1I. The van der Waals surface area contributed by atoms with Crippen molar-refractivity contribution in [3.05, 3.63) is 32.9 Å². The maximum absolute atomic E-state index is 11.7. The predicted octanol–water partition coefficient (Wildman–Crippen LogP) is 0.775. The van der Waals surface area contributed by atoms with E-state index in [4.69, 9.17) is 10.2 Å². The molecule has 0 aliphatic carbocycles. The topological polar surface area (TPSA) is 86.6 Å². The van der Waals surface area contributed by atoms with Crippen LogP contribution in [0.2, 0.25) is 0 Å². The molecule has 0 radical (unpaired) electrons. The van der Waals surface area contributed by atoms with Crippen molar-refractivity contribution in [2.24, 2.45) is 0 Å². The molecule has 3 N–H and O–H groups in total. The fourth-order valence-corrected chi connectivity index (χ4v) is 1.80. The van der Waals surface area contributed by atoms with Crippen LogP contribution in [-0.2, 0) is 4.79 Å². The van der Waals surface area contributed by atoms with Crippen LogP contribution < -0.4 is 5.32 Å². The quantitative estimate of drug-likeness (QED) is 0.701. The molecule has 5 nitrogen and oxygen atoms in total. The van der Waals surface area contributed by atoms with E-state index in [2.05, 4.69) is 27.9 Å². The fourth-order valence-electron chi connectivity index (χ4n) is 1.19. The van der Waals surface area contributed by atoms with E-state index in [9.17, 15) is 9.59 Å². The molecule has 1 aromatic rings. The summed E-state index contributed by atoms with van der Waals surface area (Å²) in [7, 11) is 0. The smallest absolute Gasteiger partial charge is 0.334 e. The van der Waals surface area contributed by atoms with Crippen LogP contribution in [0.25, 0.3) is 0 Å². The van der Waals surface area contributed by atoms with Crippen molar-refractivity contribution in [2.75, 3.05) is 6.54 Å². The van der Waals surface area contributed by atoms with E-state index in [1.54, 1.807) is 12.1 Å². The summed E-state index contributed by atoms with van der Waals surface area (Å²) in [6.45, 7) is 1.57. The second kappa shape index (κ2) is 5.97. The highest BCUT2D eigenvalue weighted by Gasteiger charge is 2.16. The Hall–Kier alpha value is -1.15. The Morgan fingerprint density at radius 2 is 2.12 bits per heavy atom. The number of carboxylic acid groups (broad SMARTS) is 1. The summed E-state index contributed by atoms with van der Waals surface area (Å²) in [5, 5.41) is 19.9. The molecule has 0 heterocycles. The molecular formula is C11H12INO4. The number of benzene rings is 1. The van der Waals surface area contributed by atoms with Crippen LogP contribution in [0.1, 0.15) is 15.9 Å². The summed E-state index contributed by atoms with van der Waals surface area (Å²) in [6, 6.07) is 5.28. The molecule has 0 fully saturated rings. The number of rotatable bonds is 4. The number of aliphatic carboxylic acids is 1. The summed E-state index contributed by atoms with van der Waals surface area (Å²) >= 11 is 2.05. The molecule has 0 aromatic heterocycles. The zero-order chi connectivity index (χ0) is 13.0. The lowest BCUT2D eigenvalue weighted by Crippen LogP contribution is -2.36. The van der Waals surface area contributed by atoms with E-state index < -0.39 is 18.0 Å². The van der Waals surface area contributed by atoms with Crippen molar-refractivity contribution in [1.29, 1.82) is 0 Å². The number of hydrogen-bond acceptors (Lipinski definition) is 3. The first-order valence-corrected chi connectivity index (χ1v) is 5.95. The van der Waals surface area contributed by atoms with Gasteiger partial charge in [-0.25, -0.2) is 4.79 Å². The van der Waals surface area contributed by atoms with E-state index in [1.165, 1.54) is 0 Å². The third kappa shape index (κ3) is 3.67. The van der Waals surface area contributed by atoms with Crippen LogP contribution in [0.5, 0.6) is 0 Å². The summed E-state index contributed by atoms with van der Waals surface area (Å²) in [6.07, 6.45) is -1.58. The molecule has 0 saturated heterocycles. The van der Waals surface area contributed by atoms with Gasteiger partial charge in [-0.3, -0.25) is 4.79 Å². The standard InChI is InChI=1S/C11H12INO4/c1-6-3-2-4-7(9(6)12)10(15)13-5-8(14)11(16)17/h2-4,8,14H,5H2,1H3,(H,13,15)(H,16,17)/t8-/m0/s1. The third-order valence-electron chi connectivity index (χ3n) is 2.18. The molecule has 0 unspecified atom stereocenters. The largest absolute Gasteiger partial charge is 0.479 e. The zero-order valence-corrected chi connectivity index (χ0v) is 11.3. The highest BCUT2D eigenvalue weighted by Crippen LogP contribution is 2.16. The number of amides is 1. The number of aliphatic hydroxyl groups excluding tert-OH is 1. The van der Waals surface area contributed by atoms with Crippen LogP contribution in [0.3, 0.4) is 0 Å². The van der Waals surface area contributed by atoms with Gasteiger partial charge in [0.25, 0.3) is 5.91 Å². The molecular weight excluding hydrogens is 337 g/mol. The van der Waals surface area contributed by atoms with Gasteiger partial charge in [0.2, 0.25) is 0 Å². The van der Waals surface area contributed by atoms with Gasteiger partial charge in [-0.1, -0.05) is 12.1 Å². The van der Waals surface area contributed by atoms with Crippen LogP contribution in [0.15, 0.2) is 18.2 Å². The molecule has 17 heavy (non-hydrogen) atoms. The number of aryl methyl sites for hydroxylation is 1. The predicted molar refractivity (Wildman–Crippen MR) is 69.9 cm³/mol. The number of carboxylic acids is 1. The van der Waals surface area contributed by atoms with Crippen LogP contribution in [0.4, 0.5) is 0 Å². The molecule has 92 valence electrons. The number of halogens is 1.